The SMILES string of the molecule is CC(=O)c1ccnc(Oc2cccnc2C)c1. The van der Waals surface area contributed by atoms with Gasteiger partial charge < -0.3 is 4.74 Å². The predicted molar refractivity (Wildman–Crippen MR) is 63.3 cm³/mol. The summed E-state index contributed by atoms with van der Waals surface area (Å²) in [4.78, 5) is 19.4. The number of carbonyl (C=O) groups excluding carboxylic acids is 1. The van der Waals surface area contributed by atoms with Gasteiger partial charge in [-0.25, -0.2) is 4.98 Å². The smallest absolute Gasteiger partial charge is 0.219 e. The van der Waals surface area contributed by atoms with Crippen LogP contribution in [0.2, 0.25) is 0 Å². The molecule has 0 amide bonds. The molecule has 0 saturated heterocycles. The predicted octanol–water partition coefficient (Wildman–Crippen LogP) is 2.78. The number of rotatable bonds is 3. The van der Waals surface area contributed by atoms with E-state index in [1.807, 2.05) is 13.0 Å². The molecule has 86 valence electrons. The minimum absolute atomic E-state index is 0.0137. The third kappa shape index (κ3) is 2.66. The second-order valence-electron chi connectivity index (χ2n) is 3.63. The number of aromatic nitrogens is 2. The molecule has 2 aromatic rings. The Balaban J connectivity index is 2.28. The van der Waals surface area contributed by atoms with E-state index in [1.54, 1.807) is 30.6 Å². The quantitative estimate of drug-likeness (QED) is 0.758. The van der Waals surface area contributed by atoms with Crippen LogP contribution in [0, 0.1) is 6.92 Å². The number of hydrogen-bond donors (Lipinski definition) is 0. The van der Waals surface area contributed by atoms with Gasteiger partial charge in [0.25, 0.3) is 0 Å². The van der Waals surface area contributed by atoms with Crippen molar-refractivity contribution in [3.05, 3.63) is 47.9 Å². The molecule has 4 heteroatoms. The molecule has 0 radical (unpaired) electrons. The second-order valence-corrected chi connectivity index (χ2v) is 3.63. The van der Waals surface area contributed by atoms with Crippen LogP contribution in [0.3, 0.4) is 0 Å². The van der Waals surface area contributed by atoms with Crippen LogP contribution >= 0.6 is 0 Å². The summed E-state index contributed by atoms with van der Waals surface area (Å²) in [6.07, 6.45) is 3.25. The third-order valence-electron chi connectivity index (χ3n) is 2.31. The van der Waals surface area contributed by atoms with E-state index in [0.29, 0.717) is 17.2 Å². The first-order valence-corrected chi connectivity index (χ1v) is 5.23. The molecule has 2 aromatic heterocycles. The highest BCUT2D eigenvalue weighted by atomic mass is 16.5. The normalized spacial score (nSPS) is 10.0. The van der Waals surface area contributed by atoms with Gasteiger partial charge in [0.2, 0.25) is 5.88 Å². The molecule has 0 saturated carbocycles. The van der Waals surface area contributed by atoms with Gasteiger partial charge in [-0.2, -0.15) is 0 Å². The van der Waals surface area contributed by atoms with Gasteiger partial charge >= 0.3 is 0 Å². The van der Waals surface area contributed by atoms with E-state index in [9.17, 15) is 4.79 Å². The molecule has 0 spiro atoms. The van der Waals surface area contributed by atoms with Crippen LogP contribution in [0.1, 0.15) is 23.0 Å². The van der Waals surface area contributed by atoms with Gasteiger partial charge in [0.15, 0.2) is 11.5 Å². The van der Waals surface area contributed by atoms with Crippen molar-refractivity contribution in [1.82, 2.24) is 9.97 Å². The summed E-state index contributed by atoms with van der Waals surface area (Å²) in [6, 6.07) is 6.88. The molecular weight excluding hydrogens is 216 g/mol. The fraction of sp³-hybridized carbons (Fsp3) is 0.154. The number of ketones is 1. The van der Waals surface area contributed by atoms with Gasteiger partial charge in [0.1, 0.15) is 0 Å². The Morgan fingerprint density at radius 2 is 2.06 bits per heavy atom. The zero-order valence-electron chi connectivity index (χ0n) is 9.68. The molecule has 0 fully saturated rings. The van der Waals surface area contributed by atoms with Crippen molar-refractivity contribution >= 4 is 5.78 Å². The third-order valence-corrected chi connectivity index (χ3v) is 2.31. The summed E-state index contributed by atoms with van der Waals surface area (Å²) in [5.74, 6) is 1.02. The van der Waals surface area contributed by atoms with Crippen LogP contribution in [-0.2, 0) is 0 Å². The Kier molecular flexibility index (Phi) is 3.14. The molecule has 2 rings (SSSR count). The topological polar surface area (TPSA) is 52.1 Å². The number of aryl methyl sites for hydroxylation is 1. The van der Waals surface area contributed by atoms with E-state index in [4.69, 9.17) is 4.74 Å². The zero-order chi connectivity index (χ0) is 12.3. The molecule has 0 aliphatic rings. The number of Topliss-reactive ketones (excluding diaryl/α,β-unsaturated/α-hetero) is 1. The van der Waals surface area contributed by atoms with E-state index in [2.05, 4.69) is 9.97 Å². The molecule has 17 heavy (non-hydrogen) atoms. The summed E-state index contributed by atoms with van der Waals surface area (Å²) < 4.78 is 5.57. The summed E-state index contributed by atoms with van der Waals surface area (Å²) in [7, 11) is 0. The summed E-state index contributed by atoms with van der Waals surface area (Å²) in [6.45, 7) is 3.36. The maximum atomic E-state index is 11.2. The number of ether oxygens (including phenoxy) is 1. The number of nitrogens with zero attached hydrogens (tertiary/aromatic N) is 2. The van der Waals surface area contributed by atoms with Crippen LogP contribution in [-0.4, -0.2) is 15.8 Å². The Hall–Kier alpha value is -2.23. The van der Waals surface area contributed by atoms with Gasteiger partial charge in [0, 0.05) is 24.0 Å². The van der Waals surface area contributed by atoms with Crippen molar-refractivity contribution in [3.8, 4) is 11.6 Å². The molecule has 0 aliphatic heterocycles. The van der Waals surface area contributed by atoms with Crippen LogP contribution < -0.4 is 4.74 Å². The Morgan fingerprint density at radius 3 is 2.76 bits per heavy atom. The summed E-state index contributed by atoms with van der Waals surface area (Å²) >= 11 is 0. The highest BCUT2D eigenvalue weighted by molar-refractivity contribution is 5.94. The van der Waals surface area contributed by atoms with Gasteiger partial charge in [-0.15, -0.1) is 0 Å². The Labute approximate surface area is 99.3 Å². The van der Waals surface area contributed by atoms with Gasteiger partial charge in [0.05, 0.1) is 5.69 Å². The number of carbonyl (C=O) groups is 1. The van der Waals surface area contributed by atoms with Crippen LogP contribution in [0.25, 0.3) is 0 Å². The average Bonchev–Trinajstić information content (AvgIpc) is 2.32. The molecule has 2 heterocycles. The lowest BCUT2D eigenvalue weighted by Crippen LogP contribution is -1.96. The number of pyridine rings is 2. The highest BCUT2D eigenvalue weighted by Crippen LogP contribution is 2.21. The molecule has 0 aliphatic carbocycles. The first kappa shape index (κ1) is 11.3. The lowest BCUT2D eigenvalue weighted by Gasteiger charge is -2.06. The largest absolute Gasteiger partial charge is 0.437 e. The molecule has 0 atom stereocenters. The minimum Gasteiger partial charge on any atom is -0.437 e. The Bertz CT molecular complexity index is 553. The summed E-state index contributed by atoms with van der Waals surface area (Å²) in [5, 5.41) is 0. The van der Waals surface area contributed by atoms with Gasteiger partial charge in [-0.05, 0) is 32.0 Å². The Morgan fingerprint density at radius 1 is 1.24 bits per heavy atom. The van der Waals surface area contributed by atoms with E-state index >= 15 is 0 Å². The average molecular weight is 228 g/mol. The van der Waals surface area contributed by atoms with Crippen LogP contribution in [0.5, 0.6) is 11.6 Å². The van der Waals surface area contributed by atoms with Crippen molar-refractivity contribution in [2.24, 2.45) is 0 Å². The number of hydrogen-bond acceptors (Lipinski definition) is 4. The van der Waals surface area contributed by atoms with Crippen molar-refractivity contribution in [1.29, 1.82) is 0 Å². The molecule has 0 N–H and O–H groups in total. The highest BCUT2D eigenvalue weighted by Gasteiger charge is 2.05. The maximum absolute atomic E-state index is 11.2. The lowest BCUT2D eigenvalue weighted by molar-refractivity contribution is 0.101. The molecule has 0 aromatic carbocycles. The van der Waals surface area contributed by atoms with E-state index in [-0.39, 0.29) is 5.78 Å². The van der Waals surface area contributed by atoms with Crippen molar-refractivity contribution in [3.63, 3.8) is 0 Å². The second kappa shape index (κ2) is 4.74. The first-order chi connectivity index (χ1) is 8.16. The van der Waals surface area contributed by atoms with E-state index < -0.39 is 0 Å². The molecular formula is C13H12N2O2. The van der Waals surface area contributed by atoms with Crippen molar-refractivity contribution in [2.45, 2.75) is 13.8 Å². The van der Waals surface area contributed by atoms with Crippen LogP contribution in [0.4, 0.5) is 0 Å². The van der Waals surface area contributed by atoms with E-state index in [0.717, 1.165) is 5.69 Å². The molecule has 0 unspecified atom stereocenters. The fourth-order valence-corrected chi connectivity index (χ4v) is 1.37. The maximum Gasteiger partial charge on any atom is 0.219 e. The fourth-order valence-electron chi connectivity index (χ4n) is 1.37. The molecule has 0 bridgehead atoms. The van der Waals surface area contributed by atoms with Gasteiger partial charge in [-0.3, -0.25) is 9.78 Å². The lowest BCUT2D eigenvalue weighted by atomic mass is 10.2. The standard InChI is InChI=1S/C13H12N2O2/c1-9-12(4-3-6-14-9)17-13-8-11(10(2)16)5-7-15-13/h3-8H,1-2H3. The van der Waals surface area contributed by atoms with Crippen molar-refractivity contribution in [2.75, 3.05) is 0 Å². The zero-order valence-corrected chi connectivity index (χ0v) is 9.68. The van der Waals surface area contributed by atoms with Gasteiger partial charge in [-0.1, -0.05) is 0 Å². The monoisotopic (exact) mass is 228 g/mol. The van der Waals surface area contributed by atoms with E-state index in [1.165, 1.54) is 6.92 Å². The summed E-state index contributed by atoms with van der Waals surface area (Å²) in [5.41, 5.74) is 1.36. The first-order valence-electron chi connectivity index (χ1n) is 5.23. The van der Waals surface area contributed by atoms with Crippen LogP contribution in [0.15, 0.2) is 36.7 Å². The van der Waals surface area contributed by atoms with Crippen molar-refractivity contribution < 1.29 is 9.53 Å². The molecule has 4 nitrogen and oxygen atoms in total. The minimum atomic E-state index is -0.0137.